The van der Waals surface area contributed by atoms with Crippen LogP contribution in [-0.2, 0) is 9.53 Å². The van der Waals surface area contributed by atoms with E-state index in [1.807, 2.05) is 20.8 Å². The fraction of sp³-hybridized carbons (Fsp3) is 0.933. The Labute approximate surface area is 122 Å². The van der Waals surface area contributed by atoms with Crippen molar-refractivity contribution in [1.29, 1.82) is 0 Å². The molecule has 5 heteroatoms. The summed E-state index contributed by atoms with van der Waals surface area (Å²) in [6, 6.07) is 0.681. The van der Waals surface area contributed by atoms with E-state index in [0.29, 0.717) is 18.7 Å². The number of hydrogen-bond acceptors (Lipinski definition) is 4. The molecule has 0 spiro atoms. The average molecular weight is 283 g/mol. The Kier molecular flexibility index (Phi) is 5.04. The summed E-state index contributed by atoms with van der Waals surface area (Å²) < 4.78 is 5.89. The van der Waals surface area contributed by atoms with Gasteiger partial charge in [-0.1, -0.05) is 12.8 Å². The summed E-state index contributed by atoms with van der Waals surface area (Å²) in [5.41, 5.74) is 4.97. The van der Waals surface area contributed by atoms with Crippen LogP contribution in [0.2, 0.25) is 0 Å². The number of fused-ring (bicyclic) bond motifs is 1. The number of nitrogens with one attached hydrogen (secondary N) is 1. The maximum atomic E-state index is 11.9. The van der Waals surface area contributed by atoms with Gasteiger partial charge in [0.2, 0.25) is 5.91 Å². The first-order valence-corrected chi connectivity index (χ1v) is 7.85. The lowest BCUT2D eigenvalue weighted by molar-refractivity contribution is -0.129. The molecule has 0 aromatic rings. The molecule has 1 heterocycles. The molecule has 3 unspecified atom stereocenters. The third-order valence-corrected chi connectivity index (χ3v) is 4.52. The second kappa shape index (κ2) is 6.41. The molecular formula is C15H29N3O2. The smallest absolute Gasteiger partial charge is 0.238 e. The molecule has 5 nitrogen and oxygen atoms in total. The lowest BCUT2D eigenvalue weighted by Crippen LogP contribution is -2.65. The minimum atomic E-state index is -0.673. The summed E-state index contributed by atoms with van der Waals surface area (Å²) in [6.45, 7) is 8.34. The van der Waals surface area contributed by atoms with E-state index in [1.165, 1.54) is 19.3 Å². The maximum absolute atomic E-state index is 11.9. The largest absolute Gasteiger partial charge is 0.375 e. The zero-order chi connectivity index (χ0) is 14.8. The van der Waals surface area contributed by atoms with Crippen molar-refractivity contribution in [3.05, 3.63) is 0 Å². The molecule has 2 fully saturated rings. The van der Waals surface area contributed by atoms with Crippen LogP contribution < -0.4 is 11.1 Å². The van der Waals surface area contributed by atoms with Gasteiger partial charge in [0.25, 0.3) is 0 Å². The number of carbonyl (C=O) groups excluding carboxylic acids is 1. The van der Waals surface area contributed by atoms with Gasteiger partial charge in [0.1, 0.15) is 5.54 Å². The van der Waals surface area contributed by atoms with Gasteiger partial charge >= 0.3 is 0 Å². The van der Waals surface area contributed by atoms with Crippen LogP contribution in [0.15, 0.2) is 0 Å². The number of rotatable bonds is 5. The molecule has 0 aromatic carbocycles. The van der Waals surface area contributed by atoms with E-state index in [1.54, 1.807) is 0 Å². The molecule has 1 saturated carbocycles. The van der Waals surface area contributed by atoms with E-state index < -0.39 is 5.54 Å². The Balaban J connectivity index is 2.06. The first kappa shape index (κ1) is 15.7. The van der Waals surface area contributed by atoms with E-state index in [2.05, 4.69) is 10.2 Å². The second-order valence-corrected chi connectivity index (χ2v) is 6.73. The van der Waals surface area contributed by atoms with Crippen molar-refractivity contribution in [1.82, 2.24) is 10.2 Å². The average Bonchev–Trinajstić information content (AvgIpc) is 2.38. The van der Waals surface area contributed by atoms with Crippen LogP contribution in [0, 0.1) is 0 Å². The second-order valence-electron chi connectivity index (χ2n) is 6.73. The molecular weight excluding hydrogens is 254 g/mol. The van der Waals surface area contributed by atoms with Gasteiger partial charge in [-0.2, -0.15) is 0 Å². The van der Waals surface area contributed by atoms with Crippen molar-refractivity contribution in [2.24, 2.45) is 5.73 Å². The van der Waals surface area contributed by atoms with Crippen molar-refractivity contribution < 1.29 is 9.53 Å². The van der Waals surface area contributed by atoms with E-state index in [4.69, 9.17) is 10.5 Å². The third kappa shape index (κ3) is 3.51. The Morgan fingerprint density at radius 1 is 1.45 bits per heavy atom. The van der Waals surface area contributed by atoms with E-state index in [-0.39, 0.29) is 11.9 Å². The first-order valence-electron chi connectivity index (χ1n) is 7.85. The molecule has 2 rings (SSSR count). The summed E-state index contributed by atoms with van der Waals surface area (Å²) in [5.74, 6) is -0.273. The summed E-state index contributed by atoms with van der Waals surface area (Å²) in [7, 11) is 0. The summed E-state index contributed by atoms with van der Waals surface area (Å²) in [6.07, 6.45) is 5.17. The number of carbonyl (C=O) groups is 1. The van der Waals surface area contributed by atoms with Crippen LogP contribution in [-0.4, -0.2) is 54.2 Å². The predicted molar refractivity (Wildman–Crippen MR) is 79.4 cm³/mol. The lowest BCUT2D eigenvalue weighted by Gasteiger charge is -2.46. The normalized spacial score (nSPS) is 30.8. The quantitative estimate of drug-likeness (QED) is 0.786. The highest BCUT2D eigenvalue weighted by atomic mass is 16.5. The van der Waals surface area contributed by atoms with Crippen LogP contribution in [0.25, 0.3) is 0 Å². The lowest BCUT2D eigenvalue weighted by atomic mass is 9.88. The van der Waals surface area contributed by atoms with E-state index in [0.717, 1.165) is 19.6 Å². The minimum absolute atomic E-state index is 0.232. The Hall–Kier alpha value is -0.650. The molecule has 0 aromatic heterocycles. The van der Waals surface area contributed by atoms with Crippen LogP contribution in [0.4, 0.5) is 0 Å². The number of ether oxygens (including phenoxy) is 1. The molecule has 2 aliphatic rings. The maximum Gasteiger partial charge on any atom is 0.238 e. The Bertz CT molecular complexity index is 346. The first-order chi connectivity index (χ1) is 9.42. The highest BCUT2D eigenvalue weighted by Gasteiger charge is 2.40. The monoisotopic (exact) mass is 283 g/mol. The summed E-state index contributed by atoms with van der Waals surface area (Å²) >= 11 is 0. The fourth-order valence-electron chi connectivity index (χ4n) is 3.61. The Morgan fingerprint density at radius 2 is 2.15 bits per heavy atom. The third-order valence-electron chi connectivity index (χ3n) is 4.52. The van der Waals surface area contributed by atoms with Gasteiger partial charge in [-0.25, -0.2) is 0 Å². The van der Waals surface area contributed by atoms with Crippen LogP contribution in [0.3, 0.4) is 0 Å². The molecule has 20 heavy (non-hydrogen) atoms. The summed E-state index contributed by atoms with van der Waals surface area (Å²) in [4.78, 5) is 14.3. The molecule has 0 bridgehead atoms. The zero-order valence-corrected chi connectivity index (χ0v) is 13.0. The molecule has 1 amide bonds. The number of nitrogens with zero attached hydrogens (tertiary/aromatic N) is 1. The van der Waals surface area contributed by atoms with Crippen molar-refractivity contribution in [3.63, 3.8) is 0 Å². The van der Waals surface area contributed by atoms with Gasteiger partial charge in [0, 0.05) is 25.2 Å². The van der Waals surface area contributed by atoms with Gasteiger partial charge in [0.15, 0.2) is 0 Å². The molecule has 0 radical (unpaired) electrons. The highest BCUT2D eigenvalue weighted by molar-refractivity contribution is 5.84. The van der Waals surface area contributed by atoms with Gasteiger partial charge < -0.3 is 15.8 Å². The van der Waals surface area contributed by atoms with E-state index in [9.17, 15) is 4.79 Å². The van der Waals surface area contributed by atoms with Crippen LogP contribution >= 0.6 is 0 Å². The topological polar surface area (TPSA) is 67.6 Å². The van der Waals surface area contributed by atoms with Gasteiger partial charge in [-0.3, -0.25) is 9.69 Å². The van der Waals surface area contributed by atoms with Crippen LogP contribution in [0.5, 0.6) is 0 Å². The zero-order valence-electron chi connectivity index (χ0n) is 13.0. The molecule has 3 N–H and O–H groups in total. The standard InChI is InChI=1S/C15H29N3O2/c1-11(2)17-15(3,14(16)19)10-18-8-9-20-13-7-5-4-6-12(13)18/h11-13,17H,4-10H2,1-3H3,(H2,16,19). The SMILES string of the molecule is CC(C)NC(C)(CN1CCOC2CCCCC21)C(N)=O. The number of primary amides is 1. The van der Waals surface area contributed by atoms with Crippen molar-refractivity contribution in [3.8, 4) is 0 Å². The predicted octanol–water partition coefficient (Wildman–Crippen LogP) is 0.872. The van der Waals surface area contributed by atoms with Gasteiger partial charge in [0.05, 0.1) is 12.7 Å². The van der Waals surface area contributed by atoms with Gasteiger partial charge in [-0.05, 0) is 33.6 Å². The number of hydrogen-bond donors (Lipinski definition) is 2. The van der Waals surface area contributed by atoms with Crippen molar-refractivity contribution in [2.45, 2.75) is 70.2 Å². The highest BCUT2D eigenvalue weighted by Crippen LogP contribution is 2.29. The van der Waals surface area contributed by atoms with Crippen LogP contribution in [0.1, 0.15) is 46.5 Å². The minimum Gasteiger partial charge on any atom is -0.375 e. The molecule has 1 saturated heterocycles. The fourth-order valence-corrected chi connectivity index (χ4v) is 3.61. The number of amides is 1. The number of morpholine rings is 1. The molecule has 1 aliphatic heterocycles. The molecule has 1 aliphatic carbocycles. The molecule has 3 atom stereocenters. The molecule has 116 valence electrons. The summed E-state index contributed by atoms with van der Waals surface area (Å²) in [5, 5.41) is 3.34. The number of nitrogens with two attached hydrogens (primary N) is 1. The Morgan fingerprint density at radius 3 is 2.80 bits per heavy atom. The van der Waals surface area contributed by atoms with E-state index >= 15 is 0 Å². The van der Waals surface area contributed by atoms with Crippen molar-refractivity contribution in [2.75, 3.05) is 19.7 Å². The van der Waals surface area contributed by atoms with Crippen molar-refractivity contribution >= 4 is 5.91 Å². The van der Waals surface area contributed by atoms with Gasteiger partial charge in [-0.15, -0.1) is 0 Å².